The molecule has 0 fully saturated rings. The van der Waals surface area contributed by atoms with E-state index in [2.05, 4.69) is 27.1 Å². The summed E-state index contributed by atoms with van der Waals surface area (Å²) in [5.74, 6) is 0. The monoisotopic (exact) mass is 299 g/mol. The van der Waals surface area contributed by atoms with Crippen molar-refractivity contribution in [3.63, 3.8) is 0 Å². The lowest BCUT2D eigenvalue weighted by Crippen LogP contribution is -2.28. The maximum atomic E-state index is 12.3. The van der Waals surface area contributed by atoms with Crippen molar-refractivity contribution in [1.82, 2.24) is 14.9 Å². The Morgan fingerprint density at radius 3 is 2.95 bits per heavy atom. The standard InChI is InChI=1S/C16H17N3OS/c20-16-14-3-1-2-4-15(14)18-12-19(16)9-8-17-7-5-13-6-10-21-11-13/h1-4,6,10-12,17H,5,7-9H2. The summed E-state index contributed by atoms with van der Waals surface area (Å²) in [5, 5.41) is 8.30. The highest BCUT2D eigenvalue weighted by atomic mass is 32.1. The molecule has 0 bridgehead atoms. The number of benzene rings is 1. The minimum Gasteiger partial charge on any atom is -0.315 e. The van der Waals surface area contributed by atoms with Gasteiger partial charge < -0.3 is 5.32 Å². The van der Waals surface area contributed by atoms with E-state index in [1.54, 1.807) is 22.2 Å². The average Bonchev–Trinajstić information content (AvgIpc) is 3.03. The van der Waals surface area contributed by atoms with Gasteiger partial charge in [0.1, 0.15) is 0 Å². The number of aromatic nitrogens is 2. The molecule has 0 unspecified atom stereocenters. The molecule has 0 aliphatic rings. The van der Waals surface area contributed by atoms with E-state index in [-0.39, 0.29) is 5.56 Å². The van der Waals surface area contributed by atoms with Gasteiger partial charge in [0.25, 0.3) is 5.56 Å². The van der Waals surface area contributed by atoms with Crippen LogP contribution in [-0.2, 0) is 13.0 Å². The molecule has 108 valence electrons. The third-order valence-electron chi connectivity index (χ3n) is 3.43. The van der Waals surface area contributed by atoms with Gasteiger partial charge in [0.2, 0.25) is 0 Å². The molecular formula is C16H17N3OS. The number of rotatable bonds is 6. The van der Waals surface area contributed by atoms with Crippen LogP contribution in [0.25, 0.3) is 10.9 Å². The Hall–Kier alpha value is -1.98. The number of hydrogen-bond donors (Lipinski definition) is 1. The van der Waals surface area contributed by atoms with E-state index in [9.17, 15) is 4.79 Å². The summed E-state index contributed by atoms with van der Waals surface area (Å²) in [7, 11) is 0. The van der Waals surface area contributed by atoms with Crippen LogP contribution in [0.4, 0.5) is 0 Å². The molecule has 3 rings (SSSR count). The van der Waals surface area contributed by atoms with Crippen LogP contribution in [-0.4, -0.2) is 22.6 Å². The largest absolute Gasteiger partial charge is 0.315 e. The normalized spacial score (nSPS) is 11.0. The Kier molecular flexibility index (Phi) is 4.43. The highest BCUT2D eigenvalue weighted by Crippen LogP contribution is 2.06. The van der Waals surface area contributed by atoms with Gasteiger partial charge in [0.15, 0.2) is 0 Å². The maximum Gasteiger partial charge on any atom is 0.261 e. The third-order valence-corrected chi connectivity index (χ3v) is 4.16. The molecule has 0 aliphatic carbocycles. The minimum absolute atomic E-state index is 0.0280. The van der Waals surface area contributed by atoms with Gasteiger partial charge in [-0.15, -0.1) is 0 Å². The Morgan fingerprint density at radius 1 is 1.19 bits per heavy atom. The van der Waals surface area contributed by atoms with E-state index in [1.165, 1.54) is 5.56 Å². The molecule has 1 N–H and O–H groups in total. The van der Waals surface area contributed by atoms with Crippen LogP contribution >= 0.6 is 11.3 Å². The van der Waals surface area contributed by atoms with Gasteiger partial charge in [0, 0.05) is 13.1 Å². The van der Waals surface area contributed by atoms with E-state index in [0.29, 0.717) is 11.9 Å². The Morgan fingerprint density at radius 2 is 2.10 bits per heavy atom. The first kappa shape index (κ1) is 14.0. The first-order valence-electron chi connectivity index (χ1n) is 7.00. The van der Waals surface area contributed by atoms with Crippen molar-refractivity contribution in [1.29, 1.82) is 0 Å². The van der Waals surface area contributed by atoms with Crippen molar-refractivity contribution in [3.8, 4) is 0 Å². The first-order valence-corrected chi connectivity index (χ1v) is 7.95. The summed E-state index contributed by atoms with van der Waals surface area (Å²) < 4.78 is 1.67. The molecule has 0 atom stereocenters. The second-order valence-electron chi connectivity index (χ2n) is 4.89. The van der Waals surface area contributed by atoms with Gasteiger partial charge in [0.05, 0.1) is 17.2 Å². The molecule has 2 heterocycles. The molecule has 21 heavy (non-hydrogen) atoms. The fourth-order valence-corrected chi connectivity index (χ4v) is 2.96. The molecular weight excluding hydrogens is 282 g/mol. The Bertz CT molecular complexity index is 765. The second kappa shape index (κ2) is 6.65. The summed E-state index contributed by atoms with van der Waals surface area (Å²) in [6.07, 6.45) is 2.65. The quantitative estimate of drug-likeness (QED) is 0.710. The zero-order valence-electron chi connectivity index (χ0n) is 11.7. The zero-order valence-corrected chi connectivity index (χ0v) is 12.5. The summed E-state index contributed by atoms with van der Waals surface area (Å²) in [6, 6.07) is 9.59. The second-order valence-corrected chi connectivity index (χ2v) is 5.67. The molecule has 3 aromatic rings. The van der Waals surface area contributed by atoms with Crippen molar-refractivity contribution in [2.75, 3.05) is 13.1 Å². The van der Waals surface area contributed by atoms with Crippen LogP contribution in [0.3, 0.4) is 0 Å². The minimum atomic E-state index is 0.0280. The number of para-hydroxylation sites is 1. The molecule has 2 aromatic heterocycles. The molecule has 5 heteroatoms. The van der Waals surface area contributed by atoms with E-state index in [4.69, 9.17) is 0 Å². The molecule has 1 aromatic carbocycles. The van der Waals surface area contributed by atoms with Gasteiger partial charge in [-0.2, -0.15) is 11.3 Å². The molecule has 0 aliphatic heterocycles. The average molecular weight is 299 g/mol. The number of thiophene rings is 1. The molecule has 0 radical (unpaired) electrons. The summed E-state index contributed by atoms with van der Waals surface area (Å²) in [4.78, 5) is 16.6. The highest BCUT2D eigenvalue weighted by molar-refractivity contribution is 7.07. The van der Waals surface area contributed by atoms with Crippen LogP contribution in [0.5, 0.6) is 0 Å². The van der Waals surface area contributed by atoms with Crippen molar-refractivity contribution in [3.05, 3.63) is 63.3 Å². The van der Waals surface area contributed by atoms with Gasteiger partial charge in [-0.25, -0.2) is 4.98 Å². The van der Waals surface area contributed by atoms with E-state index >= 15 is 0 Å². The Labute approximate surface area is 127 Å². The lowest BCUT2D eigenvalue weighted by atomic mass is 10.2. The van der Waals surface area contributed by atoms with E-state index in [0.717, 1.165) is 25.0 Å². The first-order chi connectivity index (χ1) is 10.3. The van der Waals surface area contributed by atoms with E-state index in [1.807, 2.05) is 24.3 Å². The van der Waals surface area contributed by atoms with Crippen LogP contribution in [0.15, 0.2) is 52.2 Å². The predicted octanol–water partition coefficient (Wildman–Crippen LogP) is 2.29. The van der Waals surface area contributed by atoms with Crippen LogP contribution < -0.4 is 10.9 Å². The lowest BCUT2D eigenvalue weighted by molar-refractivity contribution is 0.583. The Balaban J connectivity index is 1.56. The predicted molar refractivity (Wildman–Crippen MR) is 86.9 cm³/mol. The third kappa shape index (κ3) is 3.37. The van der Waals surface area contributed by atoms with E-state index < -0.39 is 0 Å². The number of nitrogens with zero attached hydrogens (tertiary/aromatic N) is 2. The molecule has 0 saturated carbocycles. The molecule has 0 saturated heterocycles. The SMILES string of the molecule is O=c1c2ccccc2ncn1CCNCCc1ccsc1. The van der Waals surface area contributed by atoms with Crippen molar-refractivity contribution >= 4 is 22.2 Å². The van der Waals surface area contributed by atoms with Crippen molar-refractivity contribution in [2.24, 2.45) is 0 Å². The number of nitrogens with one attached hydrogen (secondary N) is 1. The van der Waals surface area contributed by atoms with Crippen molar-refractivity contribution in [2.45, 2.75) is 13.0 Å². The highest BCUT2D eigenvalue weighted by Gasteiger charge is 2.02. The van der Waals surface area contributed by atoms with Gasteiger partial charge in [-0.05, 0) is 47.5 Å². The zero-order chi connectivity index (χ0) is 14.5. The fourth-order valence-electron chi connectivity index (χ4n) is 2.26. The van der Waals surface area contributed by atoms with Crippen LogP contribution in [0, 0.1) is 0 Å². The van der Waals surface area contributed by atoms with Gasteiger partial charge in [-0.3, -0.25) is 9.36 Å². The molecule has 0 spiro atoms. The van der Waals surface area contributed by atoms with Crippen LogP contribution in [0.1, 0.15) is 5.56 Å². The number of hydrogen-bond acceptors (Lipinski definition) is 4. The van der Waals surface area contributed by atoms with Crippen molar-refractivity contribution < 1.29 is 0 Å². The summed E-state index contributed by atoms with van der Waals surface area (Å²) >= 11 is 1.72. The molecule has 4 nitrogen and oxygen atoms in total. The topological polar surface area (TPSA) is 46.9 Å². The van der Waals surface area contributed by atoms with Gasteiger partial charge in [-0.1, -0.05) is 12.1 Å². The fraction of sp³-hybridized carbons (Fsp3) is 0.250. The molecule has 0 amide bonds. The lowest BCUT2D eigenvalue weighted by Gasteiger charge is -2.07. The summed E-state index contributed by atoms with van der Waals surface area (Å²) in [5.41, 5.74) is 2.14. The maximum absolute atomic E-state index is 12.3. The number of fused-ring (bicyclic) bond motifs is 1. The van der Waals surface area contributed by atoms with Gasteiger partial charge >= 0.3 is 0 Å². The summed E-state index contributed by atoms with van der Waals surface area (Å²) in [6.45, 7) is 2.33. The van der Waals surface area contributed by atoms with Crippen LogP contribution in [0.2, 0.25) is 0 Å². The smallest absolute Gasteiger partial charge is 0.261 e.